The predicted octanol–water partition coefficient (Wildman–Crippen LogP) is 3.53. The second-order valence-electron chi connectivity index (χ2n) is 5.72. The molecule has 0 aromatic heterocycles. The molecule has 2 aromatic carbocycles. The first-order valence-corrected chi connectivity index (χ1v) is 9.31. The number of anilines is 1. The van der Waals surface area contributed by atoms with Gasteiger partial charge in [0.2, 0.25) is 0 Å². The number of benzene rings is 2. The van der Waals surface area contributed by atoms with Crippen LogP contribution in [0.3, 0.4) is 0 Å². The quantitative estimate of drug-likeness (QED) is 0.821. The van der Waals surface area contributed by atoms with Gasteiger partial charge in [0, 0.05) is 12.2 Å². The highest BCUT2D eigenvalue weighted by atomic mass is 35.5. The fraction of sp³-hybridized carbons (Fsp3) is 0.235. The SMILES string of the molecule is CC(C)CNC(=O)c1cc(NS(=O)(=O)c2ccccc2)ccc1Cl. The molecule has 128 valence electrons. The van der Waals surface area contributed by atoms with Crippen LogP contribution in [0.4, 0.5) is 5.69 Å². The lowest BCUT2D eigenvalue weighted by Crippen LogP contribution is -2.27. The van der Waals surface area contributed by atoms with Gasteiger partial charge in [0.15, 0.2) is 0 Å². The van der Waals surface area contributed by atoms with Gasteiger partial charge in [-0.05, 0) is 36.2 Å². The third-order valence-corrected chi connectivity index (χ3v) is 4.91. The summed E-state index contributed by atoms with van der Waals surface area (Å²) in [6.07, 6.45) is 0. The van der Waals surface area contributed by atoms with Gasteiger partial charge in [-0.3, -0.25) is 9.52 Å². The zero-order valence-electron chi connectivity index (χ0n) is 13.4. The van der Waals surface area contributed by atoms with Crippen molar-refractivity contribution in [2.45, 2.75) is 18.7 Å². The van der Waals surface area contributed by atoms with Gasteiger partial charge in [0.25, 0.3) is 15.9 Å². The van der Waals surface area contributed by atoms with Crippen LogP contribution in [0.15, 0.2) is 53.4 Å². The summed E-state index contributed by atoms with van der Waals surface area (Å²) < 4.78 is 27.1. The zero-order valence-corrected chi connectivity index (χ0v) is 15.0. The van der Waals surface area contributed by atoms with Crippen molar-refractivity contribution in [1.29, 1.82) is 0 Å². The first kappa shape index (κ1) is 18.3. The van der Waals surface area contributed by atoms with E-state index in [1.807, 2.05) is 13.8 Å². The summed E-state index contributed by atoms with van der Waals surface area (Å²) in [5, 5.41) is 3.02. The van der Waals surface area contributed by atoms with E-state index in [0.717, 1.165) is 0 Å². The van der Waals surface area contributed by atoms with Crippen LogP contribution in [0.5, 0.6) is 0 Å². The minimum Gasteiger partial charge on any atom is -0.352 e. The molecule has 0 saturated heterocycles. The molecular weight excluding hydrogens is 348 g/mol. The Morgan fingerprint density at radius 3 is 2.42 bits per heavy atom. The molecule has 0 aliphatic carbocycles. The summed E-state index contributed by atoms with van der Waals surface area (Å²) in [4.78, 5) is 12.3. The molecule has 0 bridgehead atoms. The molecule has 0 aliphatic heterocycles. The maximum absolute atomic E-state index is 12.3. The van der Waals surface area contributed by atoms with Crippen LogP contribution in [0.2, 0.25) is 5.02 Å². The molecule has 2 rings (SSSR count). The van der Waals surface area contributed by atoms with Crippen molar-refractivity contribution in [1.82, 2.24) is 5.32 Å². The molecule has 0 atom stereocenters. The van der Waals surface area contributed by atoms with Gasteiger partial charge in [0.05, 0.1) is 15.5 Å². The third-order valence-electron chi connectivity index (χ3n) is 3.19. The zero-order chi connectivity index (χ0) is 17.7. The van der Waals surface area contributed by atoms with E-state index >= 15 is 0 Å². The highest BCUT2D eigenvalue weighted by molar-refractivity contribution is 7.92. The molecule has 0 aliphatic rings. The fourth-order valence-electron chi connectivity index (χ4n) is 1.97. The maximum atomic E-state index is 12.3. The molecule has 1 amide bonds. The molecule has 7 heteroatoms. The van der Waals surface area contributed by atoms with Gasteiger partial charge in [-0.2, -0.15) is 0 Å². The van der Waals surface area contributed by atoms with Crippen molar-refractivity contribution < 1.29 is 13.2 Å². The first-order chi connectivity index (χ1) is 11.3. The minimum atomic E-state index is -3.72. The summed E-state index contributed by atoms with van der Waals surface area (Å²) in [5.74, 6) is -0.0399. The Balaban J connectivity index is 2.23. The van der Waals surface area contributed by atoms with E-state index in [2.05, 4.69) is 10.0 Å². The normalized spacial score (nSPS) is 11.3. The van der Waals surface area contributed by atoms with Crippen molar-refractivity contribution in [2.24, 2.45) is 5.92 Å². The molecule has 5 nitrogen and oxygen atoms in total. The van der Waals surface area contributed by atoms with E-state index < -0.39 is 10.0 Å². The predicted molar refractivity (Wildman–Crippen MR) is 95.9 cm³/mol. The average Bonchev–Trinajstić information content (AvgIpc) is 2.55. The molecule has 2 N–H and O–H groups in total. The summed E-state index contributed by atoms with van der Waals surface area (Å²) in [6.45, 7) is 4.47. The first-order valence-electron chi connectivity index (χ1n) is 7.45. The lowest BCUT2D eigenvalue weighted by molar-refractivity contribution is 0.0949. The lowest BCUT2D eigenvalue weighted by atomic mass is 10.1. The number of rotatable bonds is 6. The van der Waals surface area contributed by atoms with Crippen LogP contribution < -0.4 is 10.0 Å². The van der Waals surface area contributed by atoms with Crippen LogP contribution in [-0.2, 0) is 10.0 Å². The van der Waals surface area contributed by atoms with Gasteiger partial charge in [-0.1, -0.05) is 43.6 Å². The van der Waals surface area contributed by atoms with E-state index in [9.17, 15) is 13.2 Å². The minimum absolute atomic E-state index is 0.144. The molecule has 0 radical (unpaired) electrons. The third kappa shape index (κ3) is 4.72. The number of amides is 1. The largest absolute Gasteiger partial charge is 0.352 e. The highest BCUT2D eigenvalue weighted by Crippen LogP contribution is 2.23. The summed E-state index contributed by atoms with van der Waals surface area (Å²) in [5.41, 5.74) is 0.503. The van der Waals surface area contributed by atoms with Crippen LogP contribution >= 0.6 is 11.6 Å². The van der Waals surface area contributed by atoms with E-state index in [0.29, 0.717) is 12.5 Å². The van der Waals surface area contributed by atoms with Gasteiger partial charge >= 0.3 is 0 Å². The summed E-state index contributed by atoms with van der Waals surface area (Å²) >= 11 is 6.06. The maximum Gasteiger partial charge on any atom is 0.261 e. The number of hydrogen-bond acceptors (Lipinski definition) is 3. The Hall–Kier alpha value is -2.05. The van der Waals surface area contributed by atoms with Crippen LogP contribution in [0.25, 0.3) is 0 Å². The van der Waals surface area contributed by atoms with Crippen LogP contribution in [-0.4, -0.2) is 20.9 Å². The molecule has 0 fully saturated rings. The number of nitrogens with one attached hydrogen (secondary N) is 2. The second-order valence-corrected chi connectivity index (χ2v) is 7.81. The number of halogens is 1. The van der Waals surface area contributed by atoms with Gasteiger partial charge in [-0.25, -0.2) is 8.42 Å². The summed E-state index contributed by atoms with van der Waals surface area (Å²) in [6, 6.07) is 12.4. The van der Waals surface area contributed by atoms with Crippen molar-refractivity contribution in [3.8, 4) is 0 Å². The van der Waals surface area contributed by atoms with Crippen molar-refractivity contribution >= 4 is 33.2 Å². The topological polar surface area (TPSA) is 75.3 Å². The Labute approximate surface area is 147 Å². The van der Waals surface area contributed by atoms with E-state index in [1.165, 1.54) is 30.3 Å². The van der Waals surface area contributed by atoms with Crippen molar-refractivity contribution in [3.63, 3.8) is 0 Å². The average molecular weight is 367 g/mol. The Kier molecular flexibility index (Phi) is 5.85. The van der Waals surface area contributed by atoms with E-state index in [4.69, 9.17) is 11.6 Å². The smallest absolute Gasteiger partial charge is 0.261 e. The number of hydrogen-bond donors (Lipinski definition) is 2. The molecule has 2 aromatic rings. The van der Waals surface area contributed by atoms with Gasteiger partial charge in [0.1, 0.15) is 0 Å². The Morgan fingerprint density at radius 1 is 1.12 bits per heavy atom. The number of sulfonamides is 1. The van der Waals surface area contributed by atoms with Crippen LogP contribution in [0.1, 0.15) is 24.2 Å². The molecular formula is C17H19ClN2O3S. The molecule has 0 unspecified atom stereocenters. The van der Waals surface area contributed by atoms with Crippen molar-refractivity contribution in [3.05, 3.63) is 59.1 Å². The van der Waals surface area contributed by atoms with Crippen molar-refractivity contribution in [2.75, 3.05) is 11.3 Å². The Morgan fingerprint density at radius 2 is 1.79 bits per heavy atom. The molecule has 0 spiro atoms. The van der Waals surface area contributed by atoms with Gasteiger partial charge < -0.3 is 5.32 Å². The number of carbonyl (C=O) groups excluding carboxylic acids is 1. The fourth-order valence-corrected chi connectivity index (χ4v) is 3.24. The van der Waals surface area contributed by atoms with E-state index in [-0.39, 0.29) is 27.1 Å². The molecule has 0 heterocycles. The second kappa shape index (κ2) is 7.68. The summed E-state index contributed by atoms with van der Waals surface area (Å²) in [7, 11) is -3.72. The van der Waals surface area contributed by atoms with E-state index in [1.54, 1.807) is 18.2 Å². The number of carbonyl (C=O) groups is 1. The highest BCUT2D eigenvalue weighted by Gasteiger charge is 2.16. The van der Waals surface area contributed by atoms with Crippen LogP contribution in [0, 0.1) is 5.92 Å². The standard InChI is InChI=1S/C17H19ClN2O3S/c1-12(2)11-19-17(21)15-10-13(8-9-16(15)18)20-24(22,23)14-6-4-3-5-7-14/h3-10,12,20H,11H2,1-2H3,(H,19,21). The monoisotopic (exact) mass is 366 g/mol. The van der Waals surface area contributed by atoms with Gasteiger partial charge in [-0.15, -0.1) is 0 Å². The Bertz CT molecular complexity index is 821. The molecule has 0 saturated carbocycles. The molecule has 24 heavy (non-hydrogen) atoms. The lowest BCUT2D eigenvalue weighted by Gasteiger charge is -2.12.